The van der Waals surface area contributed by atoms with Gasteiger partial charge in [-0.3, -0.25) is 19.2 Å². The number of carbonyl (C=O) groups is 4. The van der Waals surface area contributed by atoms with E-state index in [1.165, 1.54) is 6.92 Å². The predicted molar refractivity (Wildman–Crippen MR) is 125 cm³/mol. The van der Waals surface area contributed by atoms with E-state index in [0.29, 0.717) is 5.69 Å². The van der Waals surface area contributed by atoms with Gasteiger partial charge in [-0.25, -0.2) is 0 Å². The summed E-state index contributed by atoms with van der Waals surface area (Å²) in [6.45, 7) is 4.32. The molecule has 1 fully saturated rings. The number of ether oxygens (including phenoxy) is 5. The molecule has 1 aromatic rings. The number of benzene rings is 1. The van der Waals surface area contributed by atoms with Gasteiger partial charge in [0.1, 0.15) is 12.7 Å². The van der Waals surface area contributed by atoms with Crippen molar-refractivity contribution in [1.29, 1.82) is 0 Å². The molecule has 0 radical (unpaired) electrons. The molecule has 0 unspecified atom stereocenters. The summed E-state index contributed by atoms with van der Waals surface area (Å²) in [4.78, 5) is 46.9. The van der Waals surface area contributed by atoms with Crippen LogP contribution in [0.1, 0.15) is 27.7 Å². The van der Waals surface area contributed by atoms with Gasteiger partial charge in [-0.1, -0.05) is 12.1 Å². The number of anilines is 1. The number of hydrogen-bond donors (Lipinski definition) is 2. The first-order valence-corrected chi connectivity index (χ1v) is 11.3. The molecule has 0 bridgehead atoms. The maximum atomic E-state index is 11.9. The van der Waals surface area contributed by atoms with Crippen molar-refractivity contribution in [3.63, 3.8) is 0 Å². The average molecular weight is 561 g/mol. The zero-order valence-corrected chi connectivity index (χ0v) is 21.3. The number of para-hydroxylation sites is 1. The Hall–Kier alpha value is -2.77. The van der Waals surface area contributed by atoms with Gasteiger partial charge in [-0.2, -0.15) is 0 Å². The molecular weight excluding hydrogens is 536 g/mol. The van der Waals surface area contributed by atoms with Crippen molar-refractivity contribution in [3.8, 4) is 0 Å². The highest BCUT2D eigenvalue weighted by atomic mass is 79.9. The molecule has 2 rings (SSSR count). The molecule has 13 heteroatoms. The van der Waals surface area contributed by atoms with Crippen molar-refractivity contribution in [2.24, 2.45) is 0 Å². The van der Waals surface area contributed by atoms with Gasteiger partial charge in [0.05, 0.1) is 5.69 Å². The number of hydrogen-bond acceptors (Lipinski definition) is 10. The molecule has 34 heavy (non-hydrogen) atoms. The van der Waals surface area contributed by atoms with Gasteiger partial charge in [-0.15, -0.1) is 0 Å². The number of thiocarbonyl (C=S) groups is 1. The van der Waals surface area contributed by atoms with Gasteiger partial charge >= 0.3 is 23.9 Å². The summed E-state index contributed by atoms with van der Waals surface area (Å²) in [5.74, 6) is -2.74. The molecule has 1 saturated heterocycles. The molecule has 5 atom stereocenters. The SMILES string of the molecule is CC(=O)OC[C@@H]1O[C@@H](NC(=S)Nc2ccccc2Br)[C@H](OC(C)=O)[C@H](OC(C)=O)[C@H]1OC(C)=O. The van der Waals surface area contributed by atoms with Crippen LogP contribution in [0.25, 0.3) is 0 Å². The van der Waals surface area contributed by atoms with Gasteiger partial charge < -0.3 is 34.3 Å². The van der Waals surface area contributed by atoms with Crippen molar-refractivity contribution < 1.29 is 42.9 Å². The molecule has 0 amide bonds. The lowest BCUT2D eigenvalue weighted by Crippen LogP contribution is -2.66. The second-order valence-corrected chi connectivity index (χ2v) is 8.46. The van der Waals surface area contributed by atoms with E-state index in [9.17, 15) is 19.2 Å². The summed E-state index contributed by atoms with van der Waals surface area (Å²) in [7, 11) is 0. The zero-order valence-electron chi connectivity index (χ0n) is 18.9. The molecule has 0 saturated carbocycles. The normalized spacial score (nSPS) is 23.7. The fraction of sp³-hybridized carbons (Fsp3) is 0.476. The van der Waals surface area contributed by atoms with Crippen LogP contribution in [-0.4, -0.2) is 66.2 Å². The van der Waals surface area contributed by atoms with E-state index in [1.807, 2.05) is 6.07 Å². The standard InChI is InChI=1S/C21H25BrN2O9S/c1-10(25)29-9-16-17(30-11(2)26)18(31-12(3)27)19(32-13(4)28)20(33-16)24-21(34)23-15-8-6-5-7-14(15)22/h5-8,16-20H,9H2,1-4H3,(H2,23,24,34)/t16-,17-,18+,19+,20+/m0/s1. The number of rotatable bonds is 7. The molecule has 1 aliphatic heterocycles. The highest BCUT2D eigenvalue weighted by Crippen LogP contribution is 2.29. The lowest BCUT2D eigenvalue weighted by Gasteiger charge is -2.44. The monoisotopic (exact) mass is 560 g/mol. The molecule has 2 N–H and O–H groups in total. The zero-order chi connectivity index (χ0) is 25.4. The number of carbonyl (C=O) groups excluding carboxylic acids is 4. The summed E-state index contributed by atoms with van der Waals surface area (Å²) in [6.07, 6.45) is -6.04. The average Bonchev–Trinajstić information content (AvgIpc) is 2.71. The van der Waals surface area contributed by atoms with E-state index in [1.54, 1.807) is 18.2 Å². The van der Waals surface area contributed by atoms with Crippen molar-refractivity contribution in [1.82, 2.24) is 5.32 Å². The van der Waals surface area contributed by atoms with E-state index in [4.69, 9.17) is 35.9 Å². The van der Waals surface area contributed by atoms with E-state index >= 15 is 0 Å². The van der Waals surface area contributed by atoms with Crippen molar-refractivity contribution in [3.05, 3.63) is 28.7 Å². The predicted octanol–water partition coefficient (Wildman–Crippen LogP) is 1.82. The lowest BCUT2D eigenvalue weighted by atomic mass is 9.97. The molecule has 186 valence electrons. The van der Waals surface area contributed by atoms with Gasteiger partial charge in [0.15, 0.2) is 29.7 Å². The quantitative estimate of drug-likeness (QED) is 0.285. The fourth-order valence-corrected chi connectivity index (χ4v) is 3.80. The highest BCUT2D eigenvalue weighted by Gasteiger charge is 2.52. The Balaban J connectivity index is 2.37. The van der Waals surface area contributed by atoms with Crippen molar-refractivity contribution in [2.45, 2.75) is 58.3 Å². The second-order valence-electron chi connectivity index (χ2n) is 7.20. The first kappa shape index (κ1) is 27.5. The minimum atomic E-state index is -1.29. The topological polar surface area (TPSA) is 138 Å². The third-order valence-corrected chi connectivity index (χ3v) is 5.30. The van der Waals surface area contributed by atoms with Crippen molar-refractivity contribution >= 4 is 62.8 Å². The first-order valence-electron chi connectivity index (χ1n) is 10.1. The van der Waals surface area contributed by atoms with E-state index in [0.717, 1.165) is 25.2 Å². The fourth-order valence-electron chi connectivity index (χ4n) is 3.19. The Morgan fingerprint density at radius 2 is 1.47 bits per heavy atom. The summed E-state index contributed by atoms with van der Waals surface area (Å²) < 4.78 is 27.8. The highest BCUT2D eigenvalue weighted by molar-refractivity contribution is 9.10. The Kier molecular flexibility index (Phi) is 10.2. The van der Waals surface area contributed by atoms with Gasteiger partial charge in [-0.05, 0) is 40.3 Å². The maximum absolute atomic E-state index is 11.9. The summed E-state index contributed by atoms with van der Waals surface area (Å²) >= 11 is 8.77. The summed E-state index contributed by atoms with van der Waals surface area (Å²) in [6, 6.07) is 7.19. The van der Waals surface area contributed by atoms with Crippen LogP contribution in [-0.2, 0) is 42.9 Å². The Morgan fingerprint density at radius 1 is 0.912 bits per heavy atom. The summed E-state index contributed by atoms with van der Waals surface area (Å²) in [5, 5.41) is 5.93. The second kappa shape index (κ2) is 12.6. The molecule has 0 spiro atoms. The smallest absolute Gasteiger partial charge is 0.303 e. The molecule has 0 aromatic heterocycles. The van der Waals surface area contributed by atoms with Crippen molar-refractivity contribution in [2.75, 3.05) is 11.9 Å². The lowest BCUT2D eigenvalue weighted by molar-refractivity contribution is -0.254. The van der Waals surface area contributed by atoms with Gasteiger partial charge in [0, 0.05) is 32.2 Å². The van der Waals surface area contributed by atoms with Gasteiger partial charge in [0.2, 0.25) is 0 Å². The van der Waals surface area contributed by atoms with Crippen LogP contribution in [0.2, 0.25) is 0 Å². The minimum absolute atomic E-state index is 0.0906. The van der Waals surface area contributed by atoms with E-state index < -0.39 is 54.5 Å². The van der Waals surface area contributed by atoms with Crippen LogP contribution in [0.3, 0.4) is 0 Å². The third kappa shape index (κ3) is 8.22. The van der Waals surface area contributed by atoms with Crippen LogP contribution in [0.15, 0.2) is 28.7 Å². The van der Waals surface area contributed by atoms with E-state index in [-0.39, 0.29) is 11.7 Å². The Labute approximate surface area is 209 Å². The number of esters is 4. The molecule has 0 aliphatic carbocycles. The Morgan fingerprint density at radius 3 is 2.03 bits per heavy atom. The molecule has 11 nitrogen and oxygen atoms in total. The van der Waals surface area contributed by atoms with Crippen LogP contribution in [0.4, 0.5) is 5.69 Å². The minimum Gasteiger partial charge on any atom is -0.463 e. The van der Waals surface area contributed by atoms with Crippen LogP contribution < -0.4 is 10.6 Å². The van der Waals surface area contributed by atoms with Gasteiger partial charge in [0.25, 0.3) is 0 Å². The first-order chi connectivity index (χ1) is 16.0. The van der Waals surface area contributed by atoms with E-state index in [2.05, 4.69) is 26.6 Å². The number of nitrogens with one attached hydrogen (secondary N) is 2. The van der Waals surface area contributed by atoms with Crippen LogP contribution >= 0.6 is 28.1 Å². The molecule has 1 aliphatic rings. The Bertz CT molecular complexity index is 945. The van der Waals surface area contributed by atoms with Crippen LogP contribution in [0.5, 0.6) is 0 Å². The molecule has 1 heterocycles. The van der Waals surface area contributed by atoms with Crippen LogP contribution in [0, 0.1) is 0 Å². The molecule has 1 aromatic carbocycles. The largest absolute Gasteiger partial charge is 0.463 e. The number of halogens is 1. The third-order valence-electron chi connectivity index (χ3n) is 4.39. The maximum Gasteiger partial charge on any atom is 0.303 e. The summed E-state index contributed by atoms with van der Waals surface area (Å²) in [5.41, 5.74) is 0.644. The molecular formula is C21H25BrN2O9S.